The van der Waals surface area contributed by atoms with Gasteiger partial charge >= 0.3 is 0 Å². The second-order valence-corrected chi connectivity index (χ2v) is 6.54. The molecule has 24 heavy (non-hydrogen) atoms. The molecule has 1 aromatic carbocycles. The van der Waals surface area contributed by atoms with Crippen molar-refractivity contribution in [1.29, 1.82) is 0 Å². The molecule has 0 radical (unpaired) electrons. The number of rotatable bonds is 4. The summed E-state index contributed by atoms with van der Waals surface area (Å²) in [6, 6.07) is 13.2. The summed E-state index contributed by atoms with van der Waals surface area (Å²) >= 11 is 0. The number of hydrogen-bond donors (Lipinski definition) is 1. The van der Waals surface area contributed by atoms with Crippen LogP contribution in [0.5, 0.6) is 0 Å². The number of amides is 2. The summed E-state index contributed by atoms with van der Waals surface area (Å²) in [4.78, 5) is 26.8. The number of nitrogens with one attached hydrogen (secondary N) is 1. The van der Waals surface area contributed by atoms with Gasteiger partial charge in [-0.25, -0.2) is 0 Å². The lowest BCUT2D eigenvalue weighted by Gasteiger charge is -2.39. The number of furan rings is 1. The second kappa shape index (κ2) is 6.91. The maximum atomic E-state index is 12.7. The standard InChI is InChI=1S/C19H22N2O3/c1-19(18(23)20-13-15-7-3-2-4-8-15)10-6-11-21(14-19)17(22)16-9-5-12-24-16/h2-5,7-9,12H,6,10-11,13-14H2,1H3,(H,20,23). The van der Waals surface area contributed by atoms with Crippen LogP contribution in [0.1, 0.15) is 35.9 Å². The predicted molar refractivity (Wildman–Crippen MR) is 90.2 cm³/mol. The summed E-state index contributed by atoms with van der Waals surface area (Å²) in [6.45, 7) is 3.49. The third-order valence-corrected chi connectivity index (χ3v) is 4.56. The van der Waals surface area contributed by atoms with Crippen LogP contribution in [0.2, 0.25) is 0 Å². The van der Waals surface area contributed by atoms with Crippen molar-refractivity contribution in [3.63, 3.8) is 0 Å². The molecule has 1 saturated heterocycles. The molecule has 0 aliphatic carbocycles. The molecule has 1 aliphatic rings. The van der Waals surface area contributed by atoms with Crippen molar-refractivity contribution in [3.05, 3.63) is 60.1 Å². The van der Waals surface area contributed by atoms with Gasteiger partial charge in [-0.3, -0.25) is 9.59 Å². The smallest absolute Gasteiger partial charge is 0.289 e. The number of benzene rings is 1. The van der Waals surface area contributed by atoms with Gasteiger partial charge in [0, 0.05) is 19.6 Å². The largest absolute Gasteiger partial charge is 0.459 e. The maximum Gasteiger partial charge on any atom is 0.289 e. The SMILES string of the molecule is CC1(C(=O)NCc2ccccc2)CCCN(C(=O)c2ccco2)C1. The van der Waals surface area contributed by atoms with Crippen LogP contribution in [0.25, 0.3) is 0 Å². The molecule has 1 N–H and O–H groups in total. The van der Waals surface area contributed by atoms with Gasteiger partial charge in [0.15, 0.2) is 5.76 Å². The third-order valence-electron chi connectivity index (χ3n) is 4.56. The molecule has 1 atom stereocenters. The molecular weight excluding hydrogens is 304 g/mol. The minimum atomic E-state index is -0.574. The Morgan fingerprint density at radius 1 is 1.21 bits per heavy atom. The lowest BCUT2D eigenvalue weighted by molar-refractivity contribution is -0.132. The van der Waals surface area contributed by atoms with Crippen molar-refractivity contribution in [1.82, 2.24) is 10.2 Å². The van der Waals surface area contributed by atoms with Crippen molar-refractivity contribution in [3.8, 4) is 0 Å². The van der Waals surface area contributed by atoms with E-state index in [0.29, 0.717) is 25.4 Å². The molecule has 2 amide bonds. The zero-order chi connectivity index (χ0) is 17.0. The van der Waals surface area contributed by atoms with E-state index in [1.165, 1.54) is 6.26 Å². The van der Waals surface area contributed by atoms with Crippen LogP contribution in [0.3, 0.4) is 0 Å². The van der Waals surface area contributed by atoms with Crippen LogP contribution in [0.15, 0.2) is 53.1 Å². The van der Waals surface area contributed by atoms with Crippen LogP contribution >= 0.6 is 0 Å². The van der Waals surface area contributed by atoms with Crippen LogP contribution in [0, 0.1) is 5.41 Å². The number of likely N-dealkylation sites (tertiary alicyclic amines) is 1. The van der Waals surface area contributed by atoms with Gasteiger partial charge in [-0.1, -0.05) is 30.3 Å². The first-order valence-electron chi connectivity index (χ1n) is 8.23. The van der Waals surface area contributed by atoms with E-state index < -0.39 is 5.41 Å². The van der Waals surface area contributed by atoms with Crippen LogP contribution in [0.4, 0.5) is 0 Å². The molecule has 5 nitrogen and oxygen atoms in total. The Balaban J connectivity index is 1.63. The Hall–Kier alpha value is -2.56. The molecular formula is C19H22N2O3. The minimum absolute atomic E-state index is 0.0108. The highest BCUT2D eigenvalue weighted by Crippen LogP contribution is 2.30. The van der Waals surface area contributed by atoms with Crippen molar-refractivity contribution in [2.24, 2.45) is 5.41 Å². The summed E-state index contributed by atoms with van der Waals surface area (Å²) in [7, 11) is 0. The van der Waals surface area contributed by atoms with Gasteiger partial charge in [-0.2, -0.15) is 0 Å². The highest BCUT2D eigenvalue weighted by atomic mass is 16.3. The molecule has 0 saturated carbocycles. The molecule has 5 heteroatoms. The molecule has 126 valence electrons. The molecule has 1 unspecified atom stereocenters. The van der Waals surface area contributed by atoms with E-state index in [2.05, 4.69) is 5.32 Å². The van der Waals surface area contributed by atoms with Crippen molar-refractivity contribution >= 4 is 11.8 Å². The molecule has 1 aromatic heterocycles. The van der Waals surface area contributed by atoms with E-state index in [4.69, 9.17) is 4.42 Å². The fraction of sp³-hybridized carbons (Fsp3) is 0.368. The van der Waals surface area contributed by atoms with E-state index >= 15 is 0 Å². The van der Waals surface area contributed by atoms with Crippen LogP contribution in [-0.4, -0.2) is 29.8 Å². The van der Waals surface area contributed by atoms with E-state index in [1.807, 2.05) is 37.3 Å². The number of nitrogens with zero attached hydrogens (tertiary/aromatic N) is 1. The summed E-state index contributed by atoms with van der Waals surface area (Å²) in [5.74, 6) is 0.161. The van der Waals surface area contributed by atoms with Gasteiger partial charge in [-0.05, 0) is 37.5 Å². The number of hydrogen-bond acceptors (Lipinski definition) is 3. The number of carbonyl (C=O) groups excluding carboxylic acids is 2. The fourth-order valence-electron chi connectivity index (χ4n) is 3.15. The molecule has 1 aliphatic heterocycles. The average molecular weight is 326 g/mol. The topological polar surface area (TPSA) is 62.6 Å². The molecule has 2 heterocycles. The normalized spacial score (nSPS) is 20.6. The molecule has 1 fully saturated rings. The second-order valence-electron chi connectivity index (χ2n) is 6.54. The monoisotopic (exact) mass is 326 g/mol. The first-order chi connectivity index (χ1) is 11.6. The number of carbonyl (C=O) groups is 2. The summed E-state index contributed by atoms with van der Waals surface area (Å²) in [5, 5.41) is 3.00. The van der Waals surface area contributed by atoms with Gasteiger partial charge in [0.25, 0.3) is 5.91 Å². The fourth-order valence-corrected chi connectivity index (χ4v) is 3.15. The van der Waals surface area contributed by atoms with Gasteiger partial charge in [0.2, 0.25) is 5.91 Å². The van der Waals surface area contributed by atoms with E-state index in [-0.39, 0.29) is 11.8 Å². The molecule has 3 rings (SSSR count). The summed E-state index contributed by atoms with van der Waals surface area (Å²) in [6.07, 6.45) is 3.07. The quantitative estimate of drug-likeness (QED) is 0.940. The molecule has 2 aromatic rings. The van der Waals surface area contributed by atoms with Gasteiger partial charge in [0.1, 0.15) is 0 Å². The Labute approximate surface area is 141 Å². The van der Waals surface area contributed by atoms with E-state index in [0.717, 1.165) is 18.4 Å². The van der Waals surface area contributed by atoms with Gasteiger partial charge in [0.05, 0.1) is 11.7 Å². The Morgan fingerprint density at radius 3 is 2.71 bits per heavy atom. The zero-order valence-corrected chi connectivity index (χ0v) is 13.8. The first-order valence-corrected chi connectivity index (χ1v) is 8.23. The van der Waals surface area contributed by atoms with Crippen molar-refractivity contribution in [2.45, 2.75) is 26.3 Å². The minimum Gasteiger partial charge on any atom is -0.459 e. The lowest BCUT2D eigenvalue weighted by atomic mass is 9.80. The Morgan fingerprint density at radius 2 is 2.00 bits per heavy atom. The summed E-state index contributed by atoms with van der Waals surface area (Å²) < 4.78 is 5.19. The van der Waals surface area contributed by atoms with E-state index in [9.17, 15) is 9.59 Å². The van der Waals surface area contributed by atoms with Crippen LogP contribution in [-0.2, 0) is 11.3 Å². The third kappa shape index (κ3) is 3.50. The summed E-state index contributed by atoms with van der Waals surface area (Å²) in [5.41, 5.74) is 0.490. The lowest BCUT2D eigenvalue weighted by Crippen LogP contribution is -2.51. The highest BCUT2D eigenvalue weighted by molar-refractivity contribution is 5.92. The number of piperidine rings is 1. The highest BCUT2D eigenvalue weighted by Gasteiger charge is 2.39. The Kier molecular flexibility index (Phi) is 4.69. The molecule has 0 spiro atoms. The van der Waals surface area contributed by atoms with Crippen LogP contribution < -0.4 is 5.32 Å². The Bertz CT molecular complexity index is 697. The van der Waals surface area contributed by atoms with Gasteiger partial charge < -0.3 is 14.6 Å². The average Bonchev–Trinajstić information content (AvgIpc) is 3.14. The first kappa shape index (κ1) is 16.3. The van der Waals surface area contributed by atoms with Crippen molar-refractivity contribution < 1.29 is 14.0 Å². The molecule has 0 bridgehead atoms. The van der Waals surface area contributed by atoms with E-state index in [1.54, 1.807) is 17.0 Å². The van der Waals surface area contributed by atoms with Crippen molar-refractivity contribution in [2.75, 3.05) is 13.1 Å². The predicted octanol–water partition coefficient (Wildman–Crippen LogP) is 2.84. The zero-order valence-electron chi connectivity index (χ0n) is 13.8. The maximum absolute atomic E-state index is 12.7. The van der Waals surface area contributed by atoms with Gasteiger partial charge in [-0.15, -0.1) is 0 Å².